The van der Waals surface area contributed by atoms with Gasteiger partial charge in [0.25, 0.3) is 0 Å². The van der Waals surface area contributed by atoms with Gasteiger partial charge in [-0.3, -0.25) is 4.98 Å². The lowest BCUT2D eigenvalue weighted by Gasteiger charge is -2.29. The second kappa shape index (κ2) is 8.60. The largest absolute Gasteiger partial charge is 0.351 e. The van der Waals surface area contributed by atoms with E-state index in [-0.39, 0.29) is 12.1 Å². The number of pyridine rings is 1. The Morgan fingerprint density at radius 1 is 0.875 bits per heavy atom. The van der Waals surface area contributed by atoms with Crippen molar-refractivity contribution in [3.05, 3.63) is 114 Å². The molecule has 0 unspecified atom stereocenters. The van der Waals surface area contributed by atoms with E-state index < -0.39 is 0 Å². The van der Waals surface area contributed by atoms with Gasteiger partial charge in [0.15, 0.2) is 5.11 Å². The monoisotopic (exact) mass is 438 g/mol. The Morgan fingerprint density at radius 3 is 2.31 bits per heavy atom. The van der Waals surface area contributed by atoms with E-state index in [0.29, 0.717) is 5.11 Å². The van der Waals surface area contributed by atoms with Crippen molar-refractivity contribution in [1.82, 2.24) is 14.9 Å². The summed E-state index contributed by atoms with van der Waals surface area (Å²) in [5, 5.41) is 4.28. The van der Waals surface area contributed by atoms with Crippen LogP contribution in [0.25, 0.3) is 5.69 Å². The molecule has 0 bridgehead atoms. The number of aromatic nitrogens is 2. The first-order valence-electron chi connectivity index (χ1n) is 11.0. The molecule has 0 spiro atoms. The highest BCUT2D eigenvalue weighted by atomic mass is 32.1. The van der Waals surface area contributed by atoms with Gasteiger partial charge in [-0.05, 0) is 79.7 Å². The molecular weight excluding hydrogens is 412 g/mol. The highest BCUT2D eigenvalue weighted by molar-refractivity contribution is 7.80. The Bertz CT molecular complexity index is 1220. The minimum atomic E-state index is -0.0636. The number of para-hydroxylation sites is 1. The van der Waals surface area contributed by atoms with Gasteiger partial charge in [0, 0.05) is 29.0 Å². The van der Waals surface area contributed by atoms with Crippen molar-refractivity contribution in [3.8, 4) is 5.69 Å². The van der Waals surface area contributed by atoms with Crippen LogP contribution in [-0.4, -0.2) is 14.7 Å². The molecule has 2 aromatic carbocycles. The van der Waals surface area contributed by atoms with Crippen LogP contribution < -0.4 is 10.2 Å². The van der Waals surface area contributed by atoms with Crippen molar-refractivity contribution >= 4 is 23.0 Å². The molecule has 160 valence electrons. The predicted octanol–water partition coefficient (Wildman–Crippen LogP) is 5.92. The number of nitrogens with one attached hydrogen (secondary N) is 1. The van der Waals surface area contributed by atoms with Crippen molar-refractivity contribution in [1.29, 1.82) is 0 Å². The van der Waals surface area contributed by atoms with Crippen molar-refractivity contribution in [3.63, 3.8) is 0 Å². The maximum atomic E-state index is 5.88. The summed E-state index contributed by atoms with van der Waals surface area (Å²) in [6.07, 6.45) is 2.86. The molecule has 5 heteroatoms. The zero-order chi connectivity index (χ0) is 22.1. The van der Waals surface area contributed by atoms with Crippen molar-refractivity contribution in [2.75, 3.05) is 4.90 Å². The zero-order valence-electron chi connectivity index (χ0n) is 18.3. The smallest absolute Gasteiger partial charge is 0.174 e. The number of nitrogens with zero attached hydrogens (tertiary/aromatic N) is 3. The van der Waals surface area contributed by atoms with E-state index >= 15 is 0 Å². The van der Waals surface area contributed by atoms with E-state index in [1.165, 1.54) is 17.0 Å². The molecule has 1 aliphatic heterocycles. The Balaban J connectivity index is 1.68. The van der Waals surface area contributed by atoms with E-state index in [1.54, 1.807) is 0 Å². The van der Waals surface area contributed by atoms with Crippen LogP contribution in [-0.2, 0) is 6.42 Å². The van der Waals surface area contributed by atoms with Crippen LogP contribution in [0.3, 0.4) is 0 Å². The van der Waals surface area contributed by atoms with Crippen molar-refractivity contribution in [2.45, 2.75) is 32.4 Å². The molecule has 5 rings (SSSR count). The highest BCUT2D eigenvalue weighted by Gasteiger charge is 2.42. The first-order chi connectivity index (χ1) is 15.7. The lowest BCUT2D eigenvalue weighted by molar-refractivity contribution is 0.548. The summed E-state index contributed by atoms with van der Waals surface area (Å²) in [7, 11) is 0. The molecule has 0 radical (unpaired) electrons. The number of hydrogen-bond acceptors (Lipinski definition) is 2. The van der Waals surface area contributed by atoms with Crippen molar-refractivity contribution in [2.24, 2.45) is 0 Å². The number of benzene rings is 2. The second-order valence-corrected chi connectivity index (χ2v) is 8.47. The molecule has 4 aromatic rings. The van der Waals surface area contributed by atoms with Gasteiger partial charge in [-0.1, -0.05) is 43.3 Å². The number of aryl methyl sites for hydroxylation is 2. The van der Waals surface area contributed by atoms with Crippen LogP contribution in [0.5, 0.6) is 0 Å². The third-order valence-electron chi connectivity index (χ3n) is 6.14. The third kappa shape index (κ3) is 3.59. The minimum Gasteiger partial charge on any atom is -0.351 e. The lowest BCUT2D eigenvalue weighted by Crippen LogP contribution is -2.30. The summed E-state index contributed by atoms with van der Waals surface area (Å²) in [5.74, 6) is 0. The maximum absolute atomic E-state index is 5.88. The molecule has 0 aliphatic carbocycles. The average Bonchev–Trinajstić information content (AvgIpc) is 3.39. The molecule has 32 heavy (non-hydrogen) atoms. The maximum Gasteiger partial charge on any atom is 0.174 e. The van der Waals surface area contributed by atoms with Gasteiger partial charge in [-0.15, -0.1) is 0 Å². The highest BCUT2D eigenvalue weighted by Crippen LogP contribution is 2.42. The second-order valence-electron chi connectivity index (χ2n) is 8.09. The molecule has 1 aliphatic rings. The molecule has 4 nitrogen and oxygen atoms in total. The van der Waals surface area contributed by atoms with E-state index in [4.69, 9.17) is 12.2 Å². The first-order valence-corrected chi connectivity index (χ1v) is 11.4. The summed E-state index contributed by atoms with van der Waals surface area (Å²) >= 11 is 5.88. The van der Waals surface area contributed by atoms with Gasteiger partial charge in [-0.2, -0.15) is 0 Å². The molecule has 0 amide bonds. The molecule has 2 aromatic heterocycles. The van der Waals surface area contributed by atoms with Crippen LogP contribution in [0.15, 0.2) is 91.1 Å². The zero-order valence-corrected chi connectivity index (χ0v) is 19.1. The van der Waals surface area contributed by atoms with Crippen LogP contribution in [0.4, 0.5) is 5.69 Å². The van der Waals surface area contributed by atoms with Crippen LogP contribution in [0, 0.1) is 6.92 Å². The summed E-state index contributed by atoms with van der Waals surface area (Å²) in [5.41, 5.74) is 6.88. The standard InChI is InChI=1S/C27H26N4S/c1-3-20-13-15-22(16-14-20)31-26(25(29-27(31)32)23-11-7-8-18-28-23)24-17-12-19(2)30(24)21-9-5-4-6-10-21/h4-18,25-26H,3H2,1-2H3,(H,29,32)/t25-,26+/m1/s1. The third-order valence-corrected chi connectivity index (χ3v) is 6.46. The van der Waals surface area contributed by atoms with Gasteiger partial charge in [0.2, 0.25) is 0 Å². The van der Waals surface area contributed by atoms with Crippen molar-refractivity contribution < 1.29 is 0 Å². The van der Waals surface area contributed by atoms with Gasteiger partial charge in [-0.25, -0.2) is 0 Å². The molecular formula is C27H26N4S. The summed E-state index contributed by atoms with van der Waals surface area (Å²) in [4.78, 5) is 6.92. The van der Waals surface area contributed by atoms with E-state index in [1.807, 2.05) is 24.4 Å². The van der Waals surface area contributed by atoms with Gasteiger partial charge < -0.3 is 14.8 Å². The summed E-state index contributed by atoms with van der Waals surface area (Å²) in [6, 6.07) is 29.5. The molecule has 2 atom stereocenters. The molecule has 1 fully saturated rings. The Morgan fingerprint density at radius 2 is 1.62 bits per heavy atom. The Kier molecular flexibility index (Phi) is 5.50. The summed E-state index contributed by atoms with van der Waals surface area (Å²) in [6.45, 7) is 4.32. The van der Waals surface area contributed by atoms with Gasteiger partial charge >= 0.3 is 0 Å². The van der Waals surface area contributed by atoms with Crippen LogP contribution in [0.2, 0.25) is 0 Å². The average molecular weight is 439 g/mol. The summed E-state index contributed by atoms with van der Waals surface area (Å²) < 4.78 is 2.32. The normalized spacial score (nSPS) is 18.1. The Hall–Kier alpha value is -3.44. The molecule has 0 saturated carbocycles. The van der Waals surface area contributed by atoms with Crippen LogP contribution in [0.1, 0.15) is 41.7 Å². The number of hydrogen-bond donors (Lipinski definition) is 1. The number of anilines is 1. The van der Waals surface area contributed by atoms with E-state index in [2.05, 4.69) is 100 Å². The number of thiocarbonyl (C=S) groups is 1. The molecule has 1 N–H and O–H groups in total. The van der Waals surface area contributed by atoms with Gasteiger partial charge in [0.1, 0.15) is 6.04 Å². The van der Waals surface area contributed by atoms with E-state index in [9.17, 15) is 0 Å². The number of rotatable bonds is 5. The van der Waals surface area contributed by atoms with E-state index in [0.717, 1.165) is 23.5 Å². The fraction of sp³-hybridized carbons (Fsp3) is 0.185. The fourth-order valence-corrected chi connectivity index (χ4v) is 4.89. The SMILES string of the molecule is CCc1ccc(N2C(=S)N[C@H](c3ccccn3)[C@@H]2c2ccc(C)n2-c2ccccc2)cc1. The first kappa shape index (κ1) is 20.5. The Labute approximate surface area is 194 Å². The fourth-order valence-electron chi connectivity index (χ4n) is 4.54. The topological polar surface area (TPSA) is 33.1 Å². The molecule has 3 heterocycles. The lowest BCUT2D eigenvalue weighted by atomic mass is 10.0. The predicted molar refractivity (Wildman–Crippen MR) is 134 cm³/mol. The molecule has 1 saturated heterocycles. The van der Waals surface area contributed by atoms with Crippen LogP contribution >= 0.6 is 12.2 Å². The quantitative estimate of drug-likeness (QED) is 0.392. The minimum absolute atomic E-state index is 0.0428. The van der Waals surface area contributed by atoms with Gasteiger partial charge in [0.05, 0.1) is 11.7 Å².